The van der Waals surface area contributed by atoms with Crippen molar-refractivity contribution in [2.24, 2.45) is 5.92 Å². The fourth-order valence-electron chi connectivity index (χ4n) is 3.83. The molecule has 0 saturated carbocycles. The largest absolute Gasteiger partial charge is 0.462 e. The van der Waals surface area contributed by atoms with Gasteiger partial charge in [-0.3, -0.25) is 9.59 Å². The predicted molar refractivity (Wildman–Crippen MR) is 123 cm³/mol. The molecule has 1 atom stereocenters. The van der Waals surface area contributed by atoms with E-state index in [4.69, 9.17) is 13.9 Å². The molecule has 8 nitrogen and oxygen atoms in total. The number of ether oxygens (including phenoxy) is 2. The molecule has 0 saturated heterocycles. The van der Waals surface area contributed by atoms with E-state index in [2.05, 4.69) is 12.2 Å². The molecule has 4 rings (SSSR count). The van der Waals surface area contributed by atoms with Gasteiger partial charge in [0.15, 0.2) is 12.0 Å². The summed E-state index contributed by atoms with van der Waals surface area (Å²) in [7, 11) is 0. The third-order valence-electron chi connectivity index (χ3n) is 5.41. The average molecular weight is 470 g/mol. The summed E-state index contributed by atoms with van der Waals surface area (Å²) in [5, 5.41) is 3.42. The first-order valence-electron chi connectivity index (χ1n) is 10.7. The molecule has 0 spiro atoms. The van der Waals surface area contributed by atoms with Crippen LogP contribution in [0.15, 0.2) is 39.5 Å². The number of benzene rings is 1. The second-order valence-electron chi connectivity index (χ2n) is 7.87. The maximum absolute atomic E-state index is 12.6. The van der Waals surface area contributed by atoms with Crippen molar-refractivity contribution in [3.05, 3.63) is 62.3 Å². The van der Waals surface area contributed by atoms with E-state index in [1.165, 1.54) is 11.3 Å². The normalized spacial score (nSPS) is 15.0. The lowest BCUT2D eigenvalue weighted by Crippen LogP contribution is -2.22. The summed E-state index contributed by atoms with van der Waals surface area (Å²) in [5.74, 6) is -1.82. The fraction of sp³-hybridized carbons (Fsp3) is 0.333. The molecule has 0 radical (unpaired) electrons. The number of amides is 1. The fourth-order valence-corrected chi connectivity index (χ4v) is 5.24. The Labute approximate surface area is 193 Å². The van der Waals surface area contributed by atoms with Gasteiger partial charge in [0.2, 0.25) is 5.76 Å². The van der Waals surface area contributed by atoms with Crippen molar-refractivity contribution in [3.63, 3.8) is 0 Å². The van der Waals surface area contributed by atoms with E-state index < -0.39 is 24.5 Å². The van der Waals surface area contributed by atoms with Gasteiger partial charge in [0.25, 0.3) is 5.91 Å². The molecular formula is C24H23NO7S. The van der Waals surface area contributed by atoms with E-state index in [0.717, 1.165) is 35.8 Å². The van der Waals surface area contributed by atoms with Gasteiger partial charge in [-0.1, -0.05) is 19.1 Å². The Morgan fingerprint density at radius 3 is 2.76 bits per heavy atom. The Balaban J connectivity index is 1.47. The topological polar surface area (TPSA) is 112 Å². The van der Waals surface area contributed by atoms with Gasteiger partial charge < -0.3 is 19.2 Å². The average Bonchev–Trinajstić information content (AvgIpc) is 3.14. The van der Waals surface area contributed by atoms with Crippen LogP contribution in [0.2, 0.25) is 0 Å². The van der Waals surface area contributed by atoms with Crippen molar-refractivity contribution in [3.8, 4) is 0 Å². The highest BCUT2D eigenvalue weighted by molar-refractivity contribution is 7.17. The van der Waals surface area contributed by atoms with Crippen molar-refractivity contribution >= 4 is 45.2 Å². The third-order valence-corrected chi connectivity index (χ3v) is 6.58. The number of thiophene rings is 1. The lowest BCUT2D eigenvalue weighted by atomic mass is 9.88. The zero-order valence-corrected chi connectivity index (χ0v) is 19.1. The summed E-state index contributed by atoms with van der Waals surface area (Å²) in [6, 6.07) is 7.56. The summed E-state index contributed by atoms with van der Waals surface area (Å²) >= 11 is 1.35. The first-order valence-corrected chi connectivity index (χ1v) is 11.5. The standard InChI is InChI=1S/C24H23NO7S/c1-3-30-24(29)21-15-9-8-13(2)10-19(15)33-22(21)25-20(27)12-31-23(28)18-11-16(26)14-6-4-5-7-17(14)32-18/h4-7,11,13H,3,8-10,12H2,1-2H3,(H,25,27). The number of para-hydroxylation sites is 1. The van der Waals surface area contributed by atoms with Gasteiger partial charge in [-0.25, -0.2) is 9.59 Å². The van der Waals surface area contributed by atoms with E-state index >= 15 is 0 Å². The molecule has 2 aromatic heterocycles. The lowest BCUT2D eigenvalue weighted by molar-refractivity contribution is -0.119. The summed E-state index contributed by atoms with van der Waals surface area (Å²) < 4.78 is 15.7. The molecule has 0 fully saturated rings. The van der Waals surface area contributed by atoms with Gasteiger partial charge in [0, 0.05) is 10.9 Å². The minimum atomic E-state index is -0.932. The number of rotatable bonds is 6. The predicted octanol–water partition coefficient (Wildman–Crippen LogP) is 3.95. The Hall–Kier alpha value is -3.46. The summed E-state index contributed by atoms with van der Waals surface area (Å²) in [6.07, 6.45) is 2.53. The first kappa shape index (κ1) is 22.7. The smallest absolute Gasteiger partial charge is 0.374 e. The Morgan fingerprint density at radius 2 is 1.97 bits per heavy atom. The van der Waals surface area contributed by atoms with Gasteiger partial charge in [-0.15, -0.1) is 11.3 Å². The van der Waals surface area contributed by atoms with Crippen LogP contribution < -0.4 is 10.7 Å². The Kier molecular flexibility index (Phi) is 6.60. The highest BCUT2D eigenvalue weighted by Crippen LogP contribution is 2.40. The monoisotopic (exact) mass is 469 g/mol. The number of carbonyl (C=O) groups excluding carboxylic acids is 3. The van der Waals surface area contributed by atoms with Crippen LogP contribution in [0.25, 0.3) is 11.0 Å². The molecule has 9 heteroatoms. The van der Waals surface area contributed by atoms with Gasteiger partial charge in [-0.05, 0) is 49.8 Å². The van der Waals surface area contributed by atoms with Crippen molar-refractivity contribution in [1.29, 1.82) is 0 Å². The molecule has 1 N–H and O–H groups in total. The molecule has 0 aliphatic heterocycles. The molecule has 1 unspecified atom stereocenters. The minimum Gasteiger partial charge on any atom is -0.462 e. The van der Waals surface area contributed by atoms with Crippen LogP contribution in [0.1, 0.15) is 51.6 Å². The molecule has 1 aromatic carbocycles. The van der Waals surface area contributed by atoms with E-state index in [-0.39, 0.29) is 23.4 Å². The first-order chi connectivity index (χ1) is 15.9. The Morgan fingerprint density at radius 1 is 1.18 bits per heavy atom. The summed E-state index contributed by atoms with van der Waals surface area (Å²) in [5.41, 5.74) is 1.16. The molecule has 3 aromatic rings. The molecule has 33 heavy (non-hydrogen) atoms. The van der Waals surface area contributed by atoms with E-state index in [1.54, 1.807) is 31.2 Å². The van der Waals surface area contributed by atoms with Gasteiger partial charge in [0.05, 0.1) is 17.6 Å². The quantitative estimate of drug-likeness (QED) is 0.544. The number of nitrogens with one attached hydrogen (secondary N) is 1. The molecule has 2 heterocycles. The minimum absolute atomic E-state index is 0.224. The van der Waals surface area contributed by atoms with Crippen LogP contribution in [0.5, 0.6) is 0 Å². The number of fused-ring (bicyclic) bond motifs is 2. The Bertz CT molecular complexity index is 1290. The van der Waals surface area contributed by atoms with Gasteiger partial charge in [-0.2, -0.15) is 0 Å². The second kappa shape index (κ2) is 9.58. The van der Waals surface area contributed by atoms with Crippen LogP contribution in [-0.2, 0) is 27.1 Å². The van der Waals surface area contributed by atoms with Gasteiger partial charge >= 0.3 is 11.9 Å². The molecule has 0 bridgehead atoms. The van der Waals surface area contributed by atoms with Crippen LogP contribution in [0.3, 0.4) is 0 Å². The zero-order valence-electron chi connectivity index (χ0n) is 18.3. The molecular weight excluding hydrogens is 446 g/mol. The van der Waals surface area contributed by atoms with Gasteiger partial charge in [0.1, 0.15) is 10.6 Å². The van der Waals surface area contributed by atoms with Crippen LogP contribution in [0.4, 0.5) is 5.00 Å². The SMILES string of the molecule is CCOC(=O)c1c(NC(=O)COC(=O)c2cc(=O)c3ccccc3o2)sc2c1CCC(C)C2. The van der Waals surface area contributed by atoms with E-state index in [1.807, 2.05) is 0 Å². The molecule has 1 aliphatic carbocycles. The lowest BCUT2D eigenvalue weighted by Gasteiger charge is -2.18. The molecule has 1 amide bonds. The van der Waals surface area contributed by atoms with Crippen LogP contribution in [0, 0.1) is 5.92 Å². The number of hydrogen-bond acceptors (Lipinski definition) is 8. The molecule has 1 aliphatic rings. The third kappa shape index (κ3) is 4.83. The highest BCUT2D eigenvalue weighted by atomic mass is 32.1. The number of carbonyl (C=O) groups is 3. The number of hydrogen-bond donors (Lipinski definition) is 1. The van der Waals surface area contributed by atoms with E-state index in [9.17, 15) is 19.2 Å². The van der Waals surface area contributed by atoms with Crippen molar-refractivity contribution in [2.45, 2.75) is 33.1 Å². The van der Waals surface area contributed by atoms with Crippen molar-refractivity contribution in [1.82, 2.24) is 0 Å². The maximum atomic E-state index is 12.6. The zero-order chi connectivity index (χ0) is 23.5. The molecule has 172 valence electrons. The maximum Gasteiger partial charge on any atom is 0.374 e. The number of anilines is 1. The van der Waals surface area contributed by atoms with E-state index in [0.29, 0.717) is 21.9 Å². The summed E-state index contributed by atoms with van der Waals surface area (Å²) in [4.78, 5) is 50.6. The van der Waals surface area contributed by atoms with Crippen molar-refractivity contribution in [2.75, 3.05) is 18.5 Å². The second-order valence-corrected chi connectivity index (χ2v) is 8.98. The highest BCUT2D eigenvalue weighted by Gasteiger charge is 2.29. The number of esters is 2. The van der Waals surface area contributed by atoms with Crippen molar-refractivity contribution < 1.29 is 28.3 Å². The van der Waals surface area contributed by atoms with Crippen LogP contribution >= 0.6 is 11.3 Å². The summed E-state index contributed by atoms with van der Waals surface area (Å²) in [6.45, 7) is 3.50. The van der Waals surface area contributed by atoms with Crippen LogP contribution in [-0.4, -0.2) is 31.1 Å².